The van der Waals surface area contributed by atoms with Gasteiger partial charge in [0.25, 0.3) is 0 Å². The lowest BCUT2D eigenvalue weighted by Crippen LogP contribution is -1.89. The van der Waals surface area contributed by atoms with Crippen LogP contribution in [0.25, 0.3) is 10.6 Å². The Balaban J connectivity index is 1.94. The number of nitrogens with zero attached hydrogens (tertiary/aromatic N) is 3. The summed E-state index contributed by atoms with van der Waals surface area (Å²) in [6, 6.07) is 7.27. The van der Waals surface area contributed by atoms with Gasteiger partial charge in [-0.2, -0.15) is 0 Å². The van der Waals surface area contributed by atoms with E-state index in [0.717, 1.165) is 15.6 Å². The van der Waals surface area contributed by atoms with Crippen molar-refractivity contribution in [3.8, 4) is 10.6 Å². The third-order valence-corrected chi connectivity index (χ3v) is 4.50. The summed E-state index contributed by atoms with van der Waals surface area (Å²) in [4.78, 5) is 10.8. The van der Waals surface area contributed by atoms with E-state index in [-0.39, 0.29) is 0 Å². The Kier molecular flexibility index (Phi) is 3.15. The molecular weight excluding hydrogens is 246 g/mol. The Hall–Kier alpha value is -1.62. The van der Waals surface area contributed by atoms with Crippen molar-refractivity contribution in [2.75, 3.05) is 0 Å². The molecule has 1 saturated carbocycles. The molecule has 92 valence electrons. The van der Waals surface area contributed by atoms with Gasteiger partial charge in [-0.25, -0.2) is 0 Å². The summed E-state index contributed by atoms with van der Waals surface area (Å²) in [6.45, 7) is 0. The molecule has 0 radical (unpaired) electrons. The molecule has 18 heavy (non-hydrogen) atoms. The molecule has 2 aromatic rings. The maximum absolute atomic E-state index is 10.8. The molecular formula is C13H13N3OS. The Morgan fingerprint density at radius 1 is 1.17 bits per heavy atom. The highest BCUT2D eigenvalue weighted by Crippen LogP contribution is 2.39. The molecule has 0 atom stereocenters. The highest BCUT2D eigenvalue weighted by Gasteiger charge is 2.22. The summed E-state index contributed by atoms with van der Waals surface area (Å²) in [6.07, 6.45) is 4.99. The highest BCUT2D eigenvalue weighted by atomic mass is 32.1. The van der Waals surface area contributed by atoms with E-state index >= 15 is 0 Å². The van der Waals surface area contributed by atoms with Crippen LogP contribution in [0.3, 0.4) is 0 Å². The number of hydrogen-bond donors (Lipinski definition) is 0. The lowest BCUT2D eigenvalue weighted by molar-refractivity contribution is 0.705. The molecule has 4 nitrogen and oxygen atoms in total. The molecule has 3 rings (SSSR count). The SMILES string of the molecule is O=Nc1ccccc1-c1nnc(C2CCCC2)s1. The molecule has 1 aromatic carbocycles. The fraction of sp³-hybridized carbons (Fsp3) is 0.385. The minimum atomic E-state index is 0.437. The van der Waals surface area contributed by atoms with Gasteiger partial charge in [0.15, 0.2) is 0 Å². The second-order valence-corrected chi connectivity index (χ2v) is 5.54. The Morgan fingerprint density at radius 2 is 1.94 bits per heavy atom. The van der Waals surface area contributed by atoms with E-state index in [1.165, 1.54) is 25.7 Å². The molecule has 0 spiro atoms. The van der Waals surface area contributed by atoms with Crippen LogP contribution >= 0.6 is 11.3 Å². The van der Waals surface area contributed by atoms with Gasteiger partial charge < -0.3 is 0 Å². The summed E-state index contributed by atoms with van der Waals surface area (Å²) >= 11 is 1.59. The van der Waals surface area contributed by atoms with Crippen molar-refractivity contribution in [1.82, 2.24) is 10.2 Å². The topological polar surface area (TPSA) is 55.2 Å². The van der Waals surface area contributed by atoms with Crippen molar-refractivity contribution in [2.45, 2.75) is 31.6 Å². The third-order valence-electron chi connectivity index (χ3n) is 3.38. The van der Waals surface area contributed by atoms with Gasteiger partial charge in [0.1, 0.15) is 15.7 Å². The number of nitroso groups, excluding NO2 is 1. The molecule has 0 bridgehead atoms. The zero-order valence-corrected chi connectivity index (χ0v) is 10.7. The Labute approximate surface area is 109 Å². The number of hydrogen-bond acceptors (Lipinski definition) is 5. The number of rotatable bonds is 3. The van der Waals surface area contributed by atoms with E-state index < -0.39 is 0 Å². The van der Waals surface area contributed by atoms with Gasteiger partial charge in [-0.05, 0) is 30.2 Å². The fourth-order valence-corrected chi connectivity index (χ4v) is 3.46. The van der Waals surface area contributed by atoms with E-state index in [9.17, 15) is 4.91 Å². The molecule has 0 saturated heterocycles. The van der Waals surface area contributed by atoms with Crippen molar-refractivity contribution in [1.29, 1.82) is 0 Å². The molecule has 1 aliphatic rings. The second-order valence-electron chi connectivity index (χ2n) is 4.54. The zero-order chi connectivity index (χ0) is 12.4. The summed E-state index contributed by atoms with van der Waals surface area (Å²) < 4.78 is 0. The predicted molar refractivity (Wildman–Crippen MR) is 72.0 cm³/mol. The third kappa shape index (κ3) is 2.06. The van der Waals surface area contributed by atoms with Crippen LogP contribution in [-0.2, 0) is 0 Å². The molecule has 1 aromatic heterocycles. The van der Waals surface area contributed by atoms with Gasteiger partial charge in [0, 0.05) is 11.5 Å². The van der Waals surface area contributed by atoms with E-state index in [4.69, 9.17) is 0 Å². The first-order valence-corrected chi connectivity index (χ1v) is 6.96. The standard InChI is InChI=1S/C13H13N3OS/c17-16-11-8-4-3-7-10(11)13-15-14-12(18-13)9-5-1-2-6-9/h3-4,7-9H,1-2,5-6H2. The molecule has 1 aliphatic carbocycles. The molecule has 0 N–H and O–H groups in total. The minimum absolute atomic E-state index is 0.437. The van der Waals surface area contributed by atoms with Crippen molar-refractivity contribution >= 4 is 17.0 Å². The van der Waals surface area contributed by atoms with Gasteiger partial charge in [0.2, 0.25) is 0 Å². The normalized spacial score (nSPS) is 16.0. The van der Waals surface area contributed by atoms with E-state index in [1.807, 2.05) is 12.1 Å². The quantitative estimate of drug-likeness (QED) is 0.774. The van der Waals surface area contributed by atoms with E-state index in [0.29, 0.717) is 11.6 Å². The van der Waals surface area contributed by atoms with Crippen molar-refractivity contribution < 1.29 is 0 Å². The number of aromatic nitrogens is 2. The smallest absolute Gasteiger partial charge is 0.145 e. The lowest BCUT2D eigenvalue weighted by atomic mass is 10.1. The van der Waals surface area contributed by atoms with Gasteiger partial charge in [-0.1, -0.05) is 36.3 Å². The summed E-state index contributed by atoms with van der Waals surface area (Å²) in [5.74, 6) is 0.563. The van der Waals surface area contributed by atoms with Crippen LogP contribution in [0, 0.1) is 4.91 Å². The highest BCUT2D eigenvalue weighted by molar-refractivity contribution is 7.14. The van der Waals surface area contributed by atoms with Gasteiger partial charge in [-0.15, -0.1) is 15.1 Å². The largest absolute Gasteiger partial charge is 0.150 e. The first kappa shape index (κ1) is 11.5. The van der Waals surface area contributed by atoms with E-state index in [1.54, 1.807) is 23.5 Å². The summed E-state index contributed by atoms with van der Waals surface area (Å²) in [5.41, 5.74) is 1.22. The average Bonchev–Trinajstić information content (AvgIpc) is 3.09. The maximum atomic E-state index is 10.8. The fourth-order valence-electron chi connectivity index (χ4n) is 2.42. The average molecular weight is 259 g/mol. The van der Waals surface area contributed by atoms with Gasteiger partial charge in [0.05, 0.1) is 0 Å². The van der Waals surface area contributed by atoms with Crippen LogP contribution in [0.5, 0.6) is 0 Å². The van der Waals surface area contributed by atoms with Crippen molar-refractivity contribution in [3.63, 3.8) is 0 Å². The Morgan fingerprint density at radius 3 is 2.72 bits per heavy atom. The molecule has 0 amide bonds. The van der Waals surface area contributed by atoms with Crippen molar-refractivity contribution in [2.24, 2.45) is 5.18 Å². The number of benzene rings is 1. The first-order chi connectivity index (χ1) is 8.88. The monoisotopic (exact) mass is 259 g/mol. The summed E-state index contributed by atoms with van der Waals surface area (Å²) in [7, 11) is 0. The van der Waals surface area contributed by atoms with Crippen LogP contribution in [-0.4, -0.2) is 10.2 Å². The predicted octanol–water partition coefficient (Wildman–Crippen LogP) is 4.26. The Bertz CT molecular complexity index is 561. The van der Waals surface area contributed by atoms with E-state index in [2.05, 4.69) is 15.4 Å². The maximum Gasteiger partial charge on any atom is 0.150 e. The van der Waals surface area contributed by atoms with Gasteiger partial charge in [-0.3, -0.25) is 0 Å². The minimum Gasteiger partial charge on any atom is -0.145 e. The van der Waals surface area contributed by atoms with Crippen LogP contribution in [0.15, 0.2) is 29.4 Å². The van der Waals surface area contributed by atoms with Crippen LogP contribution < -0.4 is 0 Å². The van der Waals surface area contributed by atoms with Crippen LogP contribution in [0.1, 0.15) is 36.6 Å². The van der Waals surface area contributed by atoms with Crippen molar-refractivity contribution in [3.05, 3.63) is 34.2 Å². The second kappa shape index (κ2) is 4.94. The molecule has 1 fully saturated rings. The summed E-state index contributed by atoms with van der Waals surface area (Å²) in [5, 5.41) is 13.4. The molecule has 0 unspecified atom stereocenters. The first-order valence-electron chi connectivity index (χ1n) is 6.14. The lowest BCUT2D eigenvalue weighted by Gasteiger charge is -2.01. The van der Waals surface area contributed by atoms with Crippen LogP contribution in [0.2, 0.25) is 0 Å². The zero-order valence-electron chi connectivity index (χ0n) is 9.87. The molecule has 0 aliphatic heterocycles. The molecule has 1 heterocycles. The molecule has 5 heteroatoms. The van der Waals surface area contributed by atoms with Crippen LogP contribution in [0.4, 0.5) is 5.69 Å². The van der Waals surface area contributed by atoms with Gasteiger partial charge >= 0.3 is 0 Å².